The molecule has 3 nitrogen and oxygen atoms in total. The Labute approximate surface area is 107 Å². The first-order chi connectivity index (χ1) is 8.24. The van der Waals surface area contributed by atoms with Gasteiger partial charge >= 0.3 is 0 Å². The lowest BCUT2D eigenvalue weighted by Crippen LogP contribution is -2.28. The van der Waals surface area contributed by atoms with Gasteiger partial charge in [0.2, 0.25) is 0 Å². The highest BCUT2D eigenvalue weighted by Gasteiger charge is 2.20. The predicted molar refractivity (Wildman–Crippen MR) is 70.4 cm³/mol. The average molecular weight is 253 g/mol. The molecular weight excluding hydrogens is 236 g/mol. The quantitative estimate of drug-likeness (QED) is 0.597. The van der Waals surface area contributed by atoms with Crippen molar-refractivity contribution in [1.82, 2.24) is 9.47 Å². The zero-order valence-electron chi connectivity index (χ0n) is 10.0. The van der Waals surface area contributed by atoms with Crippen LogP contribution in [0, 0.1) is 0 Å². The number of hydrogen-bond acceptors (Lipinski definition) is 1. The van der Waals surface area contributed by atoms with E-state index in [0.29, 0.717) is 12.4 Å². The van der Waals surface area contributed by atoms with Gasteiger partial charge in [-0.3, -0.25) is 4.79 Å². The summed E-state index contributed by atoms with van der Waals surface area (Å²) in [6.07, 6.45) is 8.02. The number of fused-ring (bicyclic) bond motifs is 1. The zero-order chi connectivity index (χ0) is 12.3. The zero-order valence-corrected chi connectivity index (χ0v) is 10.8. The van der Waals surface area contributed by atoms with Crippen LogP contribution in [-0.4, -0.2) is 34.8 Å². The topological polar surface area (TPSA) is 25.2 Å². The largest absolute Gasteiger partial charge is 0.343 e. The molecule has 2 heterocycles. The lowest BCUT2D eigenvalue weighted by molar-refractivity contribution is 0.0801. The van der Waals surface area contributed by atoms with Gasteiger partial charge in [0, 0.05) is 37.8 Å². The lowest BCUT2D eigenvalue weighted by atomic mass is 10.2. The Morgan fingerprint density at radius 2 is 2.24 bits per heavy atom. The summed E-state index contributed by atoms with van der Waals surface area (Å²) in [7, 11) is 1.83. The SMILES string of the molecule is CN1CC=Cc2ccn(CCCCCl)c2C1=O. The summed E-state index contributed by atoms with van der Waals surface area (Å²) < 4.78 is 2.04. The van der Waals surface area contributed by atoms with Crippen molar-refractivity contribution in [3.05, 3.63) is 29.6 Å². The van der Waals surface area contributed by atoms with Gasteiger partial charge < -0.3 is 9.47 Å². The fraction of sp³-hybridized carbons (Fsp3) is 0.462. The minimum atomic E-state index is 0.0980. The molecule has 0 saturated heterocycles. The molecule has 1 aliphatic heterocycles. The maximum Gasteiger partial charge on any atom is 0.271 e. The minimum Gasteiger partial charge on any atom is -0.343 e. The van der Waals surface area contributed by atoms with Crippen LogP contribution in [0.25, 0.3) is 6.08 Å². The Morgan fingerprint density at radius 3 is 3.00 bits per heavy atom. The smallest absolute Gasteiger partial charge is 0.271 e. The Morgan fingerprint density at radius 1 is 1.41 bits per heavy atom. The molecule has 0 unspecified atom stereocenters. The van der Waals surface area contributed by atoms with Gasteiger partial charge in [0.25, 0.3) is 5.91 Å². The van der Waals surface area contributed by atoms with Crippen LogP contribution in [0.2, 0.25) is 0 Å². The maximum absolute atomic E-state index is 12.2. The number of carbonyl (C=O) groups is 1. The highest BCUT2D eigenvalue weighted by atomic mass is 35.5. The molecule has 1 aliphatic rings. The van der Waals surface area contributed by atoms with E-state index in [4.69, 9.17) is 11.6 Å². The van der Waals surface area contributed by atoms with Crippen molar-refractivity contribution < 1.29 is 4.79 Å². The molecule has 17 heavy (non-hydrogen) atoms. The molecule has 4 heteroatoms. The number of alkyl halides is 1. The number of halogens is 1. The highest BCUT2D eigenvalue weighted by molar-refractivity contribution is 6.17. The van der Waals surface area contributed by atoms with Gasteiger partial charge in [0.05, 0.1) is 0 Å². The Balaban J connectivity index is 2.23. The molecule has 0 aliphatic carbocycles. The first-order valence-electron chi connectivity index (χ1n) is 5.91. The van der Waals surface area contributed by atoms with Crippen molar-refractivity contribution in [2.75, 3.05) is 19.5 Å². The van der Waals surface area contributed by atoms with E-state index in [1.807, 2.05) is 36.0 Å². The maximum atomic E-state index is 12.2. The number of likely N-dealkylation sites (N-methyl/N-ethyl adjacent to an activating group) is 1. The first-order valence-corrected chi connectivity index (χ1v) is 6.44. The third-order valence-corrected chi connectivity index (χ3v) is 3.27. The molecule has 0 atom stereocenters. The van der Waals surface area contributed by atoms with E-state index in [9.17, 15) is 4.79 Å². The van der Waals surface area contributed by atoms with Gasteiger partial charge in [0.1, 0.15) is 5.69 Å². The van der Waals surface area contributed by atoms with Gasteiger partial charge in [-0.1, -0.05) is 12.2 Å². The monoisotopic (exact) mass is 252 g/mol. The number of rotatable bonds is 4. The summed E-state index contributed by atoms with van der Waals surface area (Å²) in [6, 6.07) is 2.00. The van der Waals surface area contributed by atoms with Crippen LogP contribution in [0.1, 0.15) is 28.9 Å². The Kier molecular flexibility index (Phi) is 3.89. The molecule has 1 aromatic rings. The van der Waals surface area contributed by atoms with Gasteiger partial charge in [-0.2, -0.15) is 0 Å². The van der Waals surface area contributed by atoms with Crippen LogP contribution in [0.4, 0.5) is 0 Å². The molecule has 2 rings (SSSR count). The van der Waals surface area contributed by atoms with Crippen LogP contribution < -0.4 is 0 Å². The third kappa shape index (κ3) is 2.55. The third-order valence-electron chi connectivity index (χ3n) is 3.00. The fourth-order valence-corrected chi connectivity index (χ4v) is 2.22. The van der Waals surface area contributed by atoms with Crippen molar-refractivity contribution in [1.29, 1.82) is 0 Å². The van der Waals surface area contributed by atoms with Crippen molar-refractivity contribution >= 4 is 23.6 Å². The second kappa shape index (κ2) is 5.41. The molecule has 0 N–H and O–H groups in total. The minimum absolute atomic E-state index is 0.0980. The number of amides is 1. The van der Waals surface area contributed by atoms with Gasteiger partial charge in [-0.25, -0.2) is 0 Å². The summed E-state index contributed by atoms with van der Waals surface area (Å²) >= 11 is 5.67. The molecule has 0 bridgehead atoms. The first kappa shape index (κ1) is 12.2. The number of nitrogens with zero attached hydrogens (tertiary/aromatic N) is 2. The average Bonchev–Trinajstić information content (AvgIpc) is 2.65. The van der Waals surface area contributed by atoms with Crippen LogP contribution in [0.15, 0.2) is 18.3 Å². The van der Waals surface area contributed by atoms with E-state index >= 15 is 0 Å². The fourth-order valence-electron chi connectivity index (χ4n) is 2.03. The normalized spacial score (nSPS) is 14.9. The molecule has 0 fully saturated rings. The Hall–Kier alpha value is -1.22. The van der Waals surface area contributed by atoms with Crippen molar-refractivity contribution in [3.63, 3.8) is 0 Å². The van der Waals surface area contributed by atoms with E-state index in [0.717, 1.165) is 30.6 Å². The molecule has 1 amide bonds. The summed E-state index contributed by atoms with van der Waals surface area (Å²) in [5.74, 6) is 0.776. The molecule has 0 spiro atoms. The summed E-state index contributed by atoms with van der Waals surface area (Å²) in [5.41, 5.74) is 1.82. The second-order valence-corrected chi connectivity index (χ2v) is 4.68. The van der Waals surface area contributed by atoms with E-state index in [-0.39, 0.29) is 5.91 Å². The van der Waals surface area contributed by atoms with Gasteiger partial charge in [-0.15, -0.1) is 11.6 Å². The molecular formula is C13H17ClN2O. The lowest BCUT2D eigenvalue weighted by Gasteiger charge is -2.15. The van der Waals surface area contributed by atoms with Crippen LogP contribution in [0.5, 0.6) is 0 Å². The van der Waals surface area contributed by atoms with Crippen LogP contribution in [0.3, 0.4) is 0 Å². The standard InChI is InChI=1S/C13H17ClN2O/c1-15-8-4-5-11-6-10-16(9-3-2-7-14)12(11)13(15)17/h4-6,10H,2-3,7-9H2,1H3. The van der Waals surface area contributed by atoms with Crippen LogP contribution in [-0.2, 0) is 6.54 Å². The predicted octanol–water partition coefficient (Wildman–Crippen LogP) is 2.61. The van der Waals surface area contributed by atoms with Crippen LogP contribution >= 0.6 is 11.6 Å². The van der Waals surface area contributed by atoms with Crippen molar-refractivity contribution in [3.8, 4) is 0 Å². The highest BCUT2D eigenvalue weighted by Crippen LogP contribution is 2.18. The van der Waals surface area contributed by atoms with Gasteiger partial charge in [-0.05, 0) is 18.9 Å². The number of hydrogen-bond donors (Lipinski definition) is 0. The van der Waals surface area contributed by atoms with E-state index in [1.165, 1.54) is 0 Å². The van der Waals surface area contributed by atoms with E-state index in [1.54, 1.807) is 4.90 Å². The van der Waals surface area contributed by atoms with E-state index in [2.05, 4.69) is 0 Å². The molecule has 1 aromatic heterocycles. The summed E-state index contributed by atoms with van der Waals surface area (Å²) in [6.45, 7) is 1.53. The second-order valence-electron chi connectivity index (χ2n) is 4.30. The molecule has 0 saturated carbocycles. The molecule has 0 aromatic carbocycles. The molecule has 0 radical (unpaired) electrons. The van der Waals surface area contributed by atoms with Crippen molar-refractivity contribution in [2.24, 2.45) is 0 Å². The number of aromatic nitrogens is 1. The van der Waals surface area contributed by atoms with Gasteiger partial charge in [0.15, 0.2) is 0 Å². The Bertz CT molecular complexity index is 437. The summed E-state index contributed by atoms with van der Waals surface area (Å²) in [5, 5.41) is 0. The van der Waals surface area contributed by atoms with Crippen molar-refractivity contribution in [2.45, 2.75) is 19.4 Å². The number of carbonyl (C=O) groups excluding carboxylic acids is 1. The number of unbranched alkanes of at least 4 members (excludes halogenated alkanes) is 1. The van der Waals surface area contributed by atoms with E-state index < -0.39 is 0 Å². The summed E-state index contributed by atoms with van der Waals surface area (Å²) in [4.78, 5) is 13.9. The molecule has 92 valence electrons. The number of aryl methyl sites for hydroxylation is 1.